The summed E-state index contributed by atoms with van der Waals surface area (Å²) in [5.41, 5.74) is 0.293. The number of nitrogens with zero attached hydrogens (tertiary/aromatic N) is 3. The van der Waals surface area contributed by atoms with Crippen LogP contribution in [-0.4, -0.2) is 23.3 Å². The molecule has 2 aromatic heterocycles. The molecule has 0 spiro atoms. The lowest BCUT2D eigenvalue weighted by atomic mass is 10.0. The Bertz CT molecular complexity index is 1450. The van der Waals surface area contributed by atoms with Crippen molar-refractivity contribution >= 4 is 46.5 Å². The molecular formula is C24H16ClN3O6S. The summed E-state index contributed by atoms with van der Waals surface area (Å²) < 4.78 is 10.6. The van der Waals surface area contributed by atoms with E-state index in [0.29, 0.717) is 10.4 Å². The molecule has 0 aliphatic heterocycles. The molecule has 0 N–H and O–H groups in total. The summed E-state index contributed by atoms with van der Waals surface area (Å²) in [6.45, 7) is 3.42. The minimum absolute atomic E-state index is 0.129. The molecule has 0 fully saturated rings. The molecule has 0 unspecified atom stereocenters. The highest BCUT2D eigenvalue weighted by molar-refractivity contribution is 7.14. The normalized spacial score (nSPS) is 10.9. The van der Waals surface area contributed by atoms with Gasteiger partial charge in [0.25, 0.3) is 5.69 Å². The van der Waals surface area contributed by atoms with Crippen LogP contribution in [0.4, 0.5) is 5.69 Å². The van der Waals surface area contributed by atoms with E-state index in [2.05, 4.69) is 0 Å². The van der Waals surface area contributed by atoms with Crippen LogP contribution in [0.2, 0.25) is 5.02 Å². The number of hydrogen-bond acceptors (Lipinski definition) is 9. The molecular weight excluding hydrogens is 494 g/mol. The zero-order valence-corrected chi connectivity index (χ0v) is 20.0. The Labute approximate surface area is 208 Å². The number of ether oxygens (including phenoxy) is 1. The lowest BCUT2D eigenvalue weighted by Gasteiger charge is -2.00. The van der Waals surface area contributed by atoms with Crippen LogP contribution >= 0.6 is 22.9 Å². The number of ketones is 1. The number of rotatable bonds is 8. The monoisotopic (exact) mass is 509 g/mol. The largest absolute Gasteiger partial charge is 0.462 e. The first-order chi connectivity index (χ1) is 16.7. The van der Waals surface area contributed by atoms with Gasteiger partial charge in [0.15, 0.2) is 5.78 Å². The number of nitro groups is 1. The number of halogens is 1. The van der Waals surface area contributed by atoms with E-state index in [1.807, 2.05) is 12.1 Å². The summed E-state index contributed by atoms with van der Waals surface area (Å²) in [4.78, 5) is 36.3. The predicted octanol–water partition coefficient (Wildman–Crippen LogP) is 5.65. The fourth-order valence-corrected chi connectivity index (χ4v) is 4.55. The maximum absolute atomic E-state index is 12.8. The molecule has 0 amide bonds. The molecule has 2 heterocycles. The van der Waals surface area contributed by atoms with Crippen LogP contribution in [0.1, 0.15) is 38.4 Å². The Morgan fingerprint density at radius 3 is 2.66 bits per heavy atom. The average Bonchev–Trinajstić information content (AvgIpc) is 3.41. The maximum atomic E-state index is 12.8. The van der Waals surface area contributed by atoms with Crippen molar-refractivity contribution in [3.05, 3.63) is 77.7 Å². The molecule has 0 aliphatic rings. The number of allylic oxidation sites excluding steroid dienone is 1. The molecule has 11 heteroatoms. The number of nitro benzene ring substituents is 1. The van der Waals surface area contributed by atoms with Crippen LogP contribution in [-0.2, 0) is 16.0 Å². The van der Waals surface area contributed by atoms with Crippen LogP contribution < -0.4 is 0 Å². The van der Waals surface area contributed by atoms with Gasteiger partial charge in [-0.1, -0.05) is 11.6 Å². The second-order valence-electron chi connectivity index (χ2n) is 7.08. The standard InChI is InChI=1S/C24H16ClN3O6S/c1-3-33-24(30)23-13(2)18(12-27)22(35-23)10-20(29)14(11-26)8-16-5-7-21(34-16)17-6-4-15(25)9-19(17)28(31)32/h4-9H,3,10H2,1-2H3/b14-8+. The highest BCUT2D eigenvalue weighted by Crippen LogP contribution is 2.34. The summed E-state index contributed by atoms with van der Waals surface area (Å²) >= 11 is 6.82. The van der Waals surface area contributed by atoms with Crippen molar-refractivity contribution in [2.75, 3.05) is 6.61 Å². The van der Waals surface area contributed by atoms with Gasteiger partial charge in [-0.05, 0) is 43.7 Å². The summed E-state index contributed by atoms with van der Waals surface area (Å²) in [6, 6.07) is 10.9. The van der Waals surface area contributed by atoms with Crippen LogP contribution in [0, 0.1) is 39.7 Å². The fraction of sp³-hybridized carbons (Fsp3) is 0.167. The minimum Gasteiger partial charge on any atom is -0.462 e. The lowest BCUT2D eigenvalue weighted by molar-refractivity contribution is -0.384. The van der Waals surface area contributed by atoms with Crippen LogP contribution in [0.5, 0.6) is 0 Å². The molecule has 35 heavy (non-hydrogen) atoms. The second kappa shape index (κ2) is 10.8. The minimum atomic E-state index is -0.593. The van der Waals surface area contributed by atoms with Crippen LogP contribution in [0.25, 0.3) is 17.4 Å². The Morgan fingerprint density at radius 1 is 1.29 bits per heavy atom. The lowest BCUT2D eigenvalue weighted by Crippen LogP contribution is -2.05. The number of esters is 1. The summed E-state index contributed by atoms with van der Waals surface area (Å²) in [5.74, 6) is -0.884. The Balaban J connectivity index is 1.90. The Kier molecular flexibility index (Phi) is 7.82. The highest BCUT2D eigenvalue weighted by atomic mass is 35.5. The van der Waals surface area contributed by atoms with Gasteiger partial charge >= 0.3 is 5.97 Å². The van der Waals surface area contributed by atoms with Crippen molar-refractivity contribution in [3.63, 3.8) is 0 Å². The van der Waals surface area contributed by atoms with Gasteiger partial charge in [-0.3, -0.25) is 14.9 Å². The third-order valence-electron chi connectivity index (χ3n) is 4.87. The number of nitriles is 2. The van der Waals surface area contributed by atoms with Crippen molar-refractivity contribution in [1.29, 1.82) is 10.5 Å². The van der Waals surface area contributed by atoms with Crippen molar-refractivity contribution < 1.29 is 23.7 Å². The third-order valence-corrected chi connectivity index (χ3v) is 6.38. The number of furan rings is 1. The first kappa shape index (κ1) is 25.4. The van der Waals surface area contributed by atoms with Crippen LogP contribution in [0.3, 0.4) is 0 Å². The van der Waals surface area contributed by atoms with Crippen LogP contribution in [0.15, 0.2) is 40.3 Å². The zero-order chi connectivity index (χ0) is 25.7. The summed E-state index contributed by atoms with van der Waals surface area (Å²) in [6.07, 6.45) is 0.940. The van der Waals surface area contributed by atoms with Gasteiger partial charge in [0, 0.05) is 28.5 Å². The molecule has 0 saturated heterocycles. The maximum Gasteiger partial charge on any atom is 0.348 e. The highest BCUT2D eigenvalue weighted by Gasteiger charge is 2.24. The summed E-state index contributed by atoms with van der Waals surface area (Å²) in [7, 11) is 0. The van der Waals surface area contributed by atoms with Gasteiger partial charge in [0.2, 0.25) is 0 Å². The number of Topliss-reactive ketones (excluding diaryl/α,β-unsaturated/α-hetero) is 1. The van der Waals surface area contributed by atoms with Gasteiger partial charge in [-0.2, -0.15) is 10.5 Å². The van der Waals surface area contributed by atoms with E-state index >= 15 is 0 Å². The molecule has 0 radical (unpaired) electrons. The van der Waals surface area contributed by atoms with Crippen molar-refractivity contribution in [3.8, 4) is 23.5 Å². The van der Waals surface area contributed by atoms with Crippen molar-refractivity contribution in [2.45, 2.75) is 20.3 Å². The van der Waals surface area contributed by atoms with Gasteiger partial charge in [-0.15, -0.1) is 11.3 Å². The van der Waals surface area contributed by atoms with Gasteiger partial charge in [0.05, 0.1) is 28.2 Å². The Hall–Kier alpha value is -4.25. The molecule has 1 aromatic carbocycles. The molecule has 3 aromatic rings. The number of hydrogen-bond donors (Lipinski definition) is 0. The van der Waals surface area contributed by atoms with Gasteiger partial charge in [-0.25, -0.2) is 4.79 Å². The first-order valence-electron chi connectivity index (χ1n) is 10.1. The summed E-state index contributed by atoms with van der Waals surface area (Å²) in [5, 5.41) is 30.6. The van der Waals surface area contributed by atoms with Gasteiger partial charge < -0.3 is 9.15 Å². The zero-order valence-electron chi connectivity index (χ0n) is 18.5. The topological polar surface area (TPSA) is 147 Å². The Morgan fingerprint density at radius 2 is 2.03 bits per heavy atom. The third kappa shape index (κ3) is 5.46. The predicted molar refractivity (Wildman–Crippen MR) is 128 cm³/mol. The average molecular weight is 510 g/mol. The molecule has 3 rings (SSSR count). The molecule has 176 valence electrons. The quantitative estimate of drug-likeness (QED) is 0.124. The van der Waals surface area contributed by atoms with E-state index < -0.39 is 16.7 Å². The number of carbonyl (C=O) groups excluding carboxylic acids is 2. The number of benzene rings is 1. The van der Waals surface area contributed by atoms with Crippen molar-refractivity contribution in [2.24, 2.45) is 0 Å². The molecule has 9 nitrogen and oxygen atoms in total. The second-order valence-corrected chi connectivity index (χ2v) is 8.62. The van der Waals surface area contributed by atoms with E-state index in [4.69, 9.17) is 20.8 Å². The SMILES string of the molecule is CCOC(=O)c1sc(CC(=O)/C(C#N)=C/c2ccc(-c3ccc(Cl)cc3[N+](=O)[O-])o2)c(C#N)c1C. The van der Waals surface area contributed by atoms with Gasteiger partial charge in [0.1, 0.15) is 28.5 Å². The fourth-order valence-electron chi connectivity index (χ4n) is 3.23. The van der Waals surface area contributed by atoms with E-state index in [1.54, 1.807) is 13.8 Å². The smallest absolute Gasteiger partial charge is 0.348 e. The van der Waals surface area contributed by atoms with E-state index in [1.165, 1.54) is 36.4 Å². The van der Waals surface area contributed by atoms with E-state index in [0.717, 1.165) is 11.3 Å². The molecule has 0 aliphatic carbocycles. The van der Waals surface area contributed by atoms with Crippen molar-refractivity contribution in [1.82, 2.24) is 0 Å². The van der Waals surface area contributed by atoms with E-state index in [9.17, 15) is 30.2 Å². The molecule has 0 atom stereocenters. The molecule has 0 bridgehead atoms. The first-order valence-corrected chi connectivity index (χ1v) is 11.3. The number of carbonyl (C=O) groups is 2. The van der Waals surface area contributed by atoms with E-state index in [-0.39, 0.29) is 56.8 Å². The molecule has 0 saturated carbocycles. The number of thiophene rings is 1.